The smallest absolute Gasteiger partial charge is 0.210 e. The number of fused-ring (bicyclic) bond motifs is 1. The van der Waals surface area contributed by atoms with E-state index in [2.05, 4.69) is 17.0 Å². The van der Waals surface area contributed by atoms with Gasteiger partial charge in [-0.3, -0.25) is 14.5 Å². The fourth-order valence-electron chi connectivity index (χ4n) is 3.90. The van der Waals surface area contributed by atoms with Gasteiger partial charge < -0.3 is 9.84 Å². The Morgan fingerprint density at radius 1 is 1.14 bits per heavy atom. The van der Waals surface area contributed by atoms with Crippen molar-refractivity contribution in [2.45, 2.75) is 25.0 Å². The van der Waals surface area contributed by atoms with Gasteiger partial charge in [0.15, 0.2) is 11.4 Å². The summed E-state index contributed by atoms with van der Waals surface area (Å²) in [5.41, 5.74) is 1.83. The van der Waals surface area contributed by atoms with Crippen LogP contribution in [0.1, 0.15) is 34.3 Å². The Kier molecular flexibility index (Phi) is 5.11. The lowest BCUT2D eigenvalue weighted by Gasteiger charge is -2.37. The summed E-state index contributed by atoms with van der Waals surface area (Å²) in [6.07, 6.45) is 4.27. The van der Waals surface area contributed by atoms with Gasteiger partial charge >= 0.3 is 0 Å². The second-order valence-corrected chi connectivity index (χ2v) is 7.40. The van der Waals surface area contributed by atoms with Crippen molar-refractivity contribution >= 4 is 17.6 Å². The van der Waals surface area contributed by atoms with Crippen LogP contribution in [0.3, 0.4) is 0 Å². The Balaban J connectivity index is 1.44. The molecule has 4 rings (SSSR count). The van der Waals surface area contributed by atoms with E-state index in [9.17, 15) is 9.59 Å². The Morgan fingerprint density at radius 2 is 1.89 bits per heavy atom. The van der Waals surface area contributed by atoms with E-state index < -0.39 is 12.2 Å². The van der Waals surface area contributed by atoms with Crippen molar-refractivity contribution in [1.29, 1.82) is 0 Å². The highest BCUT2D eigenvalue weighted by atomic mass is 16.5. The second-order valence-electron chi connectivity index (χ2n) is 7.40. The average molecular weight is 377 g/mol. The summed E-state index contributed by atoms with van der Waals surface area (Å²) in [5.74, 6) is 0.281. The highest BCUT2D eigenvalue weighted by molar-refractivity contribution is 6.08. The number of aliphatic hydroxyl groups excluding tert-OH is 1. The van der Waals surface area contributed by atoms with Crippen LogP contribution in [0.5, 0.6) is 5.75 Å². The quantitative estimate of drug-likeness (QED) is 0.812. The molecule has 1 spiro atoms. The van der Waals surface area contributed by atoms with Gasteiger partial charge in [0.05, 0.1) is 5.56 Å². The molecule has 28 heavy (non-hydrogen) atoms. The molecule has 2 aliphatic heterocycles. The lowest BCUT2D eigenvalue weighted by molar-refractivity contribution is -0.117. The number of hydrogen-bond donors (Lipinski definition) is 1. The molecule has 0 saturated carbocycles. The van der Waals surface area contributed by atoms with E-state index in [4.69, 9.17) is 9.84 Å². The Morgan fingerprint density at radius 3 is 2.61 bits per heavy atom. The van der Waals surface area contributed by atoms with Gasteiger partial charge in [0.1, 0.15) is 12.4 Å². The molecule has 0 amide bonds. The SMILES string of the molecule is O=C(/C=C/c1ccc2c(c1)C(=O)C1(CCN(Cc3ccccc3)CC1)O2)CO. The highest BCUT2D eigenvalue weighted by Crippen LogP contribution is 2.41. The first-order valence-electron chi connectivity index (χ1n) is 9.56. The van der Waals surface area contributed by atoms with Crippen LogP contribution in [0, 0.1) is 0 Å². The lowest BCUT2D eigenvalue weighted by Crippen LogP contribution is -2.50. The van der Waals surface area contributed by atoms with E-state index in [0.717, 1.165) is 25.2 Å². The fraction of sp³-hybridized carbons (Fsp3) is 0.304. The van der Waals surface area contributed by atoms with Gasteiger partial charge in [0.2, 0.25) is 5.78 Å². The van der Waals surface area contributed by atoms with E-state index in [1.54, 1.807) is 18.2 Å². The summed E-state index contributed by atoms with van der Waals surface area (Å²) in [5, 5.41) is 8.81. The number of ketones is 2. The molecule has 0 atom stereocenters. The summed E-state index contributed by atoms with van der Waals surface area (Å²) in [4.78, 5) is 26.7. The van der Waals surface area contributed by atoms with Crippen molar-refractivity contribution in [2.75, 3.05) is 19.7 Å². The van der Waals surface area contributed by atoms with Crippen LogP contribution in [-0.4, -0.2) is 46.9 Å². The van der Waals surface area contributed by atoms with Gasteiger partial charge in [-0.1, -0.05) is 42.5 Å². The minimum atomic E-state index is -0.765. The van der Waals surface area contributed by atoms with Crippen molar-refractivity contribution in [3.63, 3.8) is 0 Å². The molecule has 2 aromatic carbocycles. The molecule has 1 fully saturated rings. The number of piperidine rings is 1. The monoisotopic (exact) mass is 377 g/mol. The van der Waals surface area contributed by atoms with Crippen LogP contribution in [0.15, 0.2) is 54.6 Å². The first-order valence-corrected chi connectivity index (χ1v) is 9.56. The van der Waals surface area contributed by atoms with Gasteiger partial charge in [-0.15, -0.1) is 0 Å². The maximum atomic E-state index is 13.1. The van der Waals surface area contributed by atoms with Crippen LogP contribution in [0.2, 0.25) is 0 Å². The number of Topliss-reactive ketones (excluding diaryl/α,β-unsaturated/α-hetero) is 1. The van der Waals surface area contributed by atoms with Crippen LogP contribution in [-0.2, 0) is 11.3 Å². The molecular formula is C23H23NO4. The van der Waals surface area contributed by atoms with E-state index in [1.807, 2.05) is 24.3 Å². The summed E-state index contributed by atoms with van der Waals surface area (Å²) in [7, 11) is 0. The molecule has 144 valence electrons. The number of hydrogen-bond acceptors (Lipinski definition) is 5. The molecule has 0 bridgehead atoms. The molecular weight excluding hydrogens is 354 g/mol. The third kappa shape index (κ3) is 3.63. The number of carbonyl (C=O) groups is 2. The molecule has 5 nitrogen and oxygen atoms in total. The molecule has 0 aromatic heterocycles. The van der Waals surface area contributed by atoms with Crippen molar-refractivity contribution < 1.29 is 19.4 Å². The van der Waals surface area contributed by atoms with Gasteiger partial charge in [-0.05, 0) is 29.3 Å². The summed E-state index contributed by atoms with van der Waals surface area (Å²) in [6.45, 7) is 1.98. The summed E-state index contributed by atoms with van der Waals surface area (Å²) in [6, 6.07) is 15.7. The molecule has 0 aliphatic carbocycles. The molecule has 2 aliphatic rings. The van der Waals surface area contributed by atoms with Gasteiger partial charge in [-0.2, -0.15) is 0 Å². The predicted molar refractivity (Wildman–Crippen MR) is 106 cm³/mol. The molecule has 5 heteroatoms. The van der Waals surface area contributed by atoms with Crippen LogP contribution in [0.25, 0.3) is 6.08 Å². The molecule has 2 heterocycles. The van der Waals surface area contributed by atoms with Crippen LogP contribution >= 0.6 is 0 Å². The molecule has 2 aromatic rings. The number of nitrogens with zero attached hydrogens (tertiary/aromatic N) is 1. The number of aliphatic hydroxyl groups is 1. The Bertz CT molecular complexity index is 911. The fourth-order valence-corrected chi connectivity index (χ4v) is 3.90. The van der Waals surface area contributed by atoms with Crippen LogP contribution < -0.4 is 4.74 Å². The number of likely N-dealkylation sites (tertiary alicyclic amines) is 1. The molecule has 0 radical (unpaired) electrons. The van der Waals surface area contributed by atoms with E-state index in [0.29, 0.717) is 24.2 Å². The zero-order valence-electron chi connectivity index (χ0n) is 15.6. The minimum absolute atomic E-state index is 0.0330. The van der Waals surface area contributed by atoms with Crippen molar-refractivity contribution in [2.24, 2.45) is 0 Å². The van der Waals surface area contributed by atoms with Crippen molar-refractivity contribution in [3.05, 3.63) is 71.3 Å². The zero-order chi connectivity index (χ0) is 19.6. The maximum Gasteiger partial charge on any atom is 0.210 e. The topological polar surface area (TPSA) is 66.8 Å². The normalized spacial score (nSPS) is 18.4. The van der Waals surface area contributed by atoms with Gasteiger partial charge in [0.25, 0.3) is 0 Å². The Hall–Kier alpha value is -2.76. The zero-order valence-corrected chi connectivity index (χ0v) is 15.6. The first kappa shape index (κ1) is 18.6. The third-order valence-electron chi connectivity index (χ3n) is 5.50. The van der Waals surface area contributed by atoms with Crippen molar-refractivity contribution in [1.82, 2.24) is 4.90 Å². The lowest BCUT2D eigenvalue weighted by atomic mass is 9.85. The number of ether oxygens (including phenoxy) is 1. The average Bonchev–Trinajstić information content (AvgIpc) is 3.00. The third-order valence-corrected chi connectivity index (χ3v) is 5.50. The molecule has 1 saturated heterocycles. The summed E-state index contributed by atoms with van der Waals surface area (Å²) < 4.78 is 6.14. The maximum absolute atomic E-state index is 13.1. The predicted octanol–water partition coefficient (Wildman–Crippen LogP) is 2.87. The largest absolute Gasteiger partial charge is 0.478 e. The Labute approximate surface area is 164 Å². The highest BCUT2D eigenvalue weighted by Gasteiger charge is 2.49. The van der Waals surface area contributed by atoms with Crippen LogP contribution in [0.4, 0.5) is 0 Å². The standard InChI is InChI=1S/C23H23NO4/c25-16-19(26)8-6-17-7-9-21-20(14-17)22(27)23(28-21)10-12-24(13-11-23)15-18-4-2-1-3-5-18/h1-9,14,25H,10-13,15-16H2/b8-6+. The van der Waals surface area contributed by atoms with E-state index in [1.165, 1.54) is 11.6 Å². The summed E-state index contributed by atoms with van der Waals surface area (Å²) >= 11 is 0. The van der Waals surface area contributed by atoms with E-state index >= 15 is 0 Å². The number of rotatable bonds is 5. The minimum Gasteiger partial charge on any atom is -0.478 e. The van der Waals surface area contributed by atoms with Gasteiger partial charge in [-0.25, -0.2) is 0 Å². The molecule has 0 unspecified atom stereocenters. The van der Waals surface area contributed by atoms with E-state index in [-0.39, 0.29) is 11.6 Å². The number of benzene rings is 2. The molecule has 1 N–H and O–H groups in total. The van der Waals surface area contributed by atoms with Crippen molar-refractivity contribution in [3.8, 4) is 5.75 Å². The van der Waals surface area contributed by atoms with Gasteiger partial charge in [0, 0.05) is 32.5 Å². The second kappa shape index (κ2) is 7.70. The first-order chi connectivity index (χ1) is 13.6. The number of carbonyl (C=O) groups excluding carboxylic acids is 2.